The quantitative estimate of drug-likeness (QED) is 0.402. The largest absolute Gasteiger partial charge is 0.507 e. The number of aliphatic imine (C=N–C) groups is 1. The van der Waals surface area contributed by atoms with Crippen LogP contribution in [0.2, 0.25) is 0 Å². The topological polar surface area (TPSA) is 58.9 Å². The molecule has 0 saturated heterocycles. The number of phenolic OH excluding ortho intramolecular Hbond substituents is 1. The van der Waals surface area contributed by atoms with Gasteiger partial charge in [0, 0.05) is 11.8 Å². The Morgan fingerprint density at radius 2 is 1.41 bits per heavy atom. The van der Waals surface area contributed by atoms with Crippen molar-refractivity contribution in [2.24, 2.45) is 4.99 Å². The summed E-state index contributed by atoms with van der Waals surface area (Å²) in [5.41, 5.74) is 3.39. The van der Waals surface area contributed by atoms with Crippen LogP contribution in [0.5, 0.6) is 5.75 Å². The maximum absolute atomic E-state index is 10.1. The summed E-state index contributed by atoms with van der Waals surface area (Å²) in [5, 5.41) is 10.1. The number of furan rings is 2. The molecule has 4 rings (SSSR count). The second-order valence-electron chi connectivity index (χ2n) is 7.19. The molecule has 0 aliphatic rings. The summed E-state index contributed by atoms with van der Waals surface area (Å²) in [6.45, 7) is 5.74. The van der Waals surface area contributed by atoms with Gasteiger partial charge >= 0.3 is 0 Å². The first-order valence-corrected chi connectivity index (χ1v) is 9.56. The maximum Gasteiger partial charge on any atom is 0.127 e. The zero-order valence-corrected chi connectivity index (χ0v) is 16.7. The number of nitrogens with zero attached hydrogens (tertiary/aromatic N) is 1. The molecule has 0 bridgehead atoms. The van der Waals surface area contributed by atoms with E-state index >= 15 is 0 Å². The van der Waals surface area contributed by atoms with E-state index in [1.165, 1.54) is 0 Å². The molecule has 0 spiro atoms. The molecule has 4 heteroatoms. The molecule has 0 aliphatic carbocycles. The summed E-state index contributed by atoms with van der Waals surface area (Å²) in [4.78, 5) is 4.50. The van der Waals surface area contributed by atoms with Crippen LogP contribution in [0.25, 0.3) is 0 Å². The van der Waals surface area contributed by atoms with E-state index < -0.39 is 0 Å². The van der Waals surface area contributed by atoms with Gasteiger partial charge in [-0.15, -0.1) is 0 Å². The van der Waals surface area contributed by atoms with E-state index in [4.69, 9.17) is 8.83 Å². The first kappa shape index (κ1) is 18.8. The number of para-hydroxylation sites is 1. The second kappa shape index (κ2) is 7.84. The highest BCUT2D eigenvalue weighted by Crippen LogP contribution is 2.35. The number of rotatable bonds is 5. The molecule has 2 aromatic carbocycles. The number of phenols is 1. The molecule has 0 radical (unpaired) electrons. The van der Waals surface area contributed by atoms with Crippen LogP contribution >= 0.6 is 0 Å². The monoisotopic (exact) mass is 385 g/mol. The van der Waals surface area contributed by atoms with Gasteiger partial charge in [-0.2, -0.15) is 0 Å². The van der Waals surface area contributed by atoms with Gasteiger partial charge in [0.05, 0.1) is 5.69 Å². The maximum atomic E-state index is 10.1. The fourth-order valence-electron chi connectivity index (χ4n) is 3.37. The van der Waals surface area contributed by atoms with Crippen LogP contribution in [0.1, 0.15) is 45.6 Å². The third-order valence-electron chi connectivity index (χ3n) is 4.94. The zero-order valence-electron chi connectivity index (χ0n) is 16.7. The second-order valence-corrected chi connectivity index (χ2v) is 7.19. The molecule has 1 N–H and O–H groups in total. The summed E-state index contributed by atoms with van der Waals surface area (Å²) >= 11 is 0. The summed E-state index contributed by atoms with van der Waals surface area (Å²) in [7, 11) is 0. The van der Waals surface area contributed by atoms with Crippen molar-refractivity contribution in [1.29, 1.82) is 0 Å². The van der Waals surface area contributed by atoms with Gasteiger partial charge in [0.15, 0.2) is 0 Å². The van der Waals surface area contributed by atoms with Crippen molar-refractivity contribution in [3.63, 3.8) is 0 Å². The average Bonchev–Trinajstić information content (AvgIpc) is 3.33. The van der Waals surface area contributed by atoms with E-state index in [-0.39, 0.29) is 11.7 Å². The first-order chi connectivity index (χ1) is 14.0. The Morgan fingerprint density at radius 3 is 1.97 bits per heavy atom. The van der Waals surface area contributed by atoms with Crippen LogP contribution in [0.3, 0.4) is 0 Å². The van der Waals surface area contributed by atoms with E-state index in [9.17, 15) is 5.11 Å². The van der Waals surface area contributed by atoms with Gasteiger partial charge in [0.25, 0.3) is 0 Å². The Balaban J connectivity index is 1.64. The van der Waals surface area contributed by atoms with Crippen LogP contribution in [-0.4, -0.2) is 11.3 Å². The van der Waals surface area contributed by atoms with Crippen LogP contribution in [0.4, 0.5) is 5.69 Å². The Morgan fingerprint density at radius 1 is 0.793 bits per heavy atom. The van der Waals surface area contributed by atoms with Gasteiger partial charge in [0.2, 0.25) is 0 Å². The molecule has 29 heavy (non-hydrogen) atoms. The van der Waals surface area contributed by atoms with Crippen molar-refractivity contribution in [2.45, 2.75) is 26.7 Å². The Kier molecular flexibility index (Phi) is 5.09. The minimum Gasteiger partial charge on any atom is -0.507 e. The zero-order chi connectivity index (χ0) is 20.4. The molecule has 0 atom stereocenters. The summed E-state index contributed by atoms with van der Waals surface area (Å²) < 4.78 is 11.8. The average molecular weight is 385 g/mol. The molecule has 2 aromatic heterocycles. The fraction of sp³-hybridized carbons (Fsp3) is 0.160. The molecule has 0 unspecified atom stereocenters. The third kappa shape index (κ3) is 4.02. The number of aromatic hydroxyl groups is 1. The van der Waals surface area contributed by atoms with Crippen molar-refractivity contribution in [3.05, 3.63) is 106 Å². The van der Waals surface area contributed by atoms with Crippen LogP contribution in [-0.2, 0) is 0 Å². The standard InChI is InChI=1S/C25H23NO3/c1-16-5-4-6-20(25(16)27)15-26-21-11-9-19(10-12-21)24(22-13-7-17(2)28-22)23-14-8-18(3)29-23/h4-15,24,27H,1-3H3. The van der Waals surface area contributed by atoms with E-state index in [1.54, 1.807) is 6.21 Å². The number of aryl methyl sites for hydroxylation is 3. The highest BCUT2D eigenvalue weighted by molar-refractivity contribution is 5.85. The van der Waals surface area contributed by atoms with Crippen LogP contribution < -0.4 is 0 Å². The molecule has 2 heterocycles. The molecule has 146 valence electrons. The van der Waals surface area contributed by atoms with Gasteiger partial charge in [-0.05, 0) is 74.4 Å². The molecule has 0 fully saturated rings. The van der Waals surface area contributed by atoms with E-state index in [1.807, 2.05) is 87.5 Å². The number of benzene rings is 2. The van der Waals surface area contributed by atoms with Gasteiger partial charge in [-0.1, -0.05) is 24.3 Å². The minimum atomic E-state index is -0.115. The predicted molar refractivity (Wildman–Crippen MR) is 114 cm³/mol. The molecular weight excluding hydrogens is 362 g/mol. The predicted octanol–water partition coefficient (Wildman–Crippen LogP) is 6.43. The van der Waals surface area contributed by atoms with Crippen molar-refractivity contribution in [3.8, 4) is 5.75 Å². The minimum absolute atomic E-state index is 0.115. The van der Waals surface area contributed by atoms with Crippen LogP contribution in [0, 0.1) is 20.8 Å². The Labute approximate surface area is 170 Å². The third-order valence-corrected chi connectivity index (χ3v) is 4.94. The van der Waals surface area contributed by atoms with Gasteiger partial charge in [-0.3, -0.25) is 4.99 Å². The van der Waals surface area contributed by atoms with Crippen molar-refractivity contribution >= 4 is 11.9 Å². The molecule has 4 aromatic rings. The highest BCUT2D eigenvalue weighted by atomic mass is 16.4. The molecule has 4 nitrogen and oxygen atoms in total. The lowest BCUT2D eigenvalue weighted by Gasteiger charge is -2.13. The summed E-state index contributed by atoms with van der Waals surface area (Å²) in [6.07, 6.45) is 1.68. The SMILES string of the molecule is Cc1ccc(C(c2ccc(N=Cc3cccc(C)c3O)cc2)c2ccc(C)o2)o1. The summed E-state index contributed by atoms with van der Waals surface area (Å²) in [6, 6.07) is 21.5. The lowest BCUT2D eigenvalue weighted by Crippen LogP contribution is -2.00. The van der Waals surface area contributed by atoms with Gasteiger partial charge in [-0.25, -0.2) is 0 Å². The number of hydrogen-bond donors (Lipinski definition) is 1. The number of hydrogen-bond acceptors (Lipinski definition) is 4. The van der Waals surface area contributed by atoms with E-state index in [0.29, 0.717) is 5.56 Å². The van der Waals surface area contributed by atoms with Crippen molar-refractivity contribution < 1.29 is 13.9 Å². The van der Waals surface area contributed by atoms with Gasteiger partial charge in [0.1, 0.15) is 34.7 Å². The molecule has 0 aliphatic heterocycles. The van der Waals surface area contributed by atoms with Crippen molar-refractivity contribution in [1.82, 2.24) is 0 Å². The van der Waals surface area contributed by atoms with E-state index in [2.05, 4.69) is 4.99 Å². The molecular formula is C25H23NO3. The van der Waals surface area contributed by atoms with Crippen LogP contribution in [0.15, 0.2) is 80.6 Å². The highest BCUT2D eigenvalue weighted by Gasteiger charge is 2.23. The fourth-order valence-corrected chi connectivity index (χ4v) is 3.37. The smallest absolute Gasteiger partial charge is 0.127 e. The van der Waals surface area contributed by atoms with E-state index in [0.717, 1.165) is 39.9 Å². The normalized spacial score (nSPS) is 11.6. The lowest BCUT2D eigenvalue weighted by molar-refractivity contribution is 0.428. The molecule has 0 saturated carbocycles. The van der Waals surface area contributed by atoms with Gasteiger partial charge < -0.3 is 13.9 Å². The molecule has 0 amide bonds. The Hall–Kier alpha value is -3.53. The first-order valence-electron chi connectivity index (χ1n) is 9.56. The summed E-state index contributed by atoms with van der Waals surface area (Å²) in [5.74, 6) is 3.57. The lowest BCUT2D eigenvalue weighted by atomic mass is 9.94. The Bertz CT molecular complexity index is 1110. The van der Waals surface area contributed by atoms with Crippen molar-refractivity contribution in [2.75, 3.05) is 0 Å².